The average Bonchev–Trinajstić information content (AvgIpc) is 2.74. The van der Waals surface area contributed by atoms with Crippen LogP contribution in [0, 0.1) is 0 Å². The van der Waals surface area contributed by atoms with E-state index in [0.29, 0.717) is 0 Å². The first kappa shape index (κ1) is 11.2. The number of nitrogens with one attached hydrogen (secondary N) is 1. The predicted octanol–water partition coefficient (Wildman–Crippen LogP) is 2.17. The van der Waals surface area contributed by atoms with E-state index < -0.39 is 0 Å². The molecule has 2 nitrogen and oxygen atoms in total. The molecule has 2 heteroatoms. The second kappa shape index (κ2) is 5.66. The van der Waals surface area contributed by atoms with Gasteiger partial charge in [-0.15, -0.1) is 0 Å². The Labute approximate surface area is 93.7 Å². The van der Waals surface area contributed by atoms with Crippen molar-refractivity contribution in [2.24, 2.45) is 0 Å². The molecule has 0 bridgehead atoms. The molecule has 2 aliphatic rings. The van der Waals surface area contributed by atoms with E-state index >= 15 is 0 Å². The van der Waals surface area contributed by atoms with E-state index in [0.717, 1.165) is 12.6 Å². The first-order chi connectivity index (χ1) is 7.34. The molecular formula is C13H24N2. The van der Waals surface area contributed by atoms with E-state index in [1.807, 2.05) is 0 Å². The van der Waals surface area contributed by atoms with Crippen LogP contribution in [0.5, 0.6) is 0 Å². The Balaban J connectivity index is 1.57. The van der Waals surface area contributed by atoms with Gasteiger partial charge in [-0.2, -0.15) is 0 Å². The van der Waals surface area contributed by atoms with Crippen molar-refractivity contribution in [2.45, 2.75) is 45.1 Å². The van der Waals surface area contributed by atoms with Crippen molar-refractivity contribution in [1.82, 2.24) is 10.2 Å². The molecule has 0 unspecified atom stereocenters. The molecule has 1 heterocycles. The summed E-state index contributed by atoms with van der Waals surface area (Å²) in [5, 5.41) is 3.68. The van der Waals surface area contributed by atoms with Gasteiger partial charge in [0.1, 0.15) is 0 Å². The zero-order valence-corrected chi connectivity index (χ0v) is 9.97. The summed E-state index contributed by atoms with van der Waals surface area (Å²) in [6, 6.07) is 0.826. The van der Waals surface area contributed by atoms with Crippen LogP contribution in [0.15, 0.2) is 11.6 Å². The van der Waals surface area contributed by atoms with Gasteiger partial charge in [0.05, 0.1) is 0 Å². The predicted molar refractivity (Wildman–Crippen MR) is 65.1 cm³/mol. The van der Waals surface area contributed by atoms with Crippen LogP contribution in [0.3, 0.4) is 0 Å². The average molecular weight is 208 g/mol. The van der Waals surface area contributed by atoms with Gasteiger partial charge in [0.25, 0.3) is 0 Å². The van der Waals surface area contributed by atoms with Crippen molar-refractivity contribution in [3.8, 4) is 0 Å². The summed E-state index contributed by atoms with van der Waals surface area (Å²) in [4.78, 5) is 2.55. The molecule has 15 heavy (non-hydrogen) atoms. The van der Waals surface area contributed by atoms with Gasteiger partial charge in [-0.05, 0) is 26.2 Å². The van der Waals surface area contributed by atoms with Gasteiger partial charge in [0, 0.05) is 32.2 Å². The van der Waals surface area contributed by atoms with Gasteiger partial charge >= 0.3 is 0 Å². The van der Waals surface area contributed by atoms with Gasteiger partial charge < -0.3 is 5.32 Å². The Morgan fingerprint density at radius 2 is 2.20 bits per heavy atom. The van der Waals surface area contributed by atoms with E-state index in [-0.39, 0.29) is 0 Å². The summed E-state index contributed by atoms with van der Waals surface area (Å²) in [7, 11) is 0. The molecule has 0 aromatic carbocycles. The lowest BCUT2D eigenvalue weighted by Crippen LogP contribution is -2.37. The van der Waals surface area contributed by atoms with Gasteiger partial charge in [0.2, 0.25) is 0 Å². The van der Waals surface area contributed by atoms with Crippen molar-refractivity contribution in [2.75, 3.05) is 26.2 Å². The Hall–Kier alpha value is -0.340. The highest BCUT2D eigenvalue weighted by molar-refractivity contribution is 5.03. The minimum atomic E-state index is 0.826. The molecule has 1 saturated carbocycles. The van der Waals surface area contributed by atoms with Crippen LogP contribution in [0.25, 0.3) is 0 Å². The molecule has 1 fully saturated rings. The second-order valence-corrected chi connectivity index (χ2v) is 5.04. The molecule has 1 aliphatic heterocycles. The van der Waals surface area contributed by atoms with Crippen molar-refractivity contribution in [3.05, 3.63) is 11.6 Å². The molecule has 1 aliphatic carbocycles. The third-order valence-electron chi connectivity index (χ3n) is 3.74. The lowest BCUT2D eigenvalue weighted by molar-refractivity contribution is 0.287. The van der Waals surface area contributed by atoms with E-state index in [9.17, 15) is 0 Å². The highest BCUT2D eigenvalue weighted by atomic mass is 15.1. The smallest absolute Gasteiger partial charge is 0.0166 e. The van der Waals surface area contributed by atoms with Gasteiger partial charge in [-0.3, -0.25) is 4.90 Å². The van der Waals surface area contributed by atoms with E-state index in [4.69, 9.17) is 0 Å². The van der Waals surface area contributed by atoms with Gasteiger partial charge in [-0.25, -0.2) is 0 Å². The SMILES string of the molecule is CC1=CCN(CCNC2CCCC2)CC1. The topological polar surface area (TPSA) is 15.3 Å². The Morgan fingerprint density at radius 1 is 1.40 bits per heavy atom. The summed E-state index contributed by atoms with van der Waals surface area (Å²) in [5.74, 6) is 0. The fourth-order valence-electron chi connectivity index (χ4n) is 2.57. The van der Waals surface area contributed by atoms with Crippen LogP contribution in [0.1, 0.15) is 39.0 Å². The molecule has 86 valence electrons. The third kappa shape index (κ3) is 3.62. The summed E-state index contributed by atoms with van der Waals surface area (Å²) in [6.45, 7) is 7.07. The molecular weight excluding hydrogens is 184 g/mol. The Morgan fingerprint density at radius 3 is 2.87 bits per heavy atom. The number of hydrogen-bond donors (Lipinski definition) is 1. The highest BCUT2D eigenvalue weighted by Gasteiger charge is 2.14. The lowest BCUT2D eigenvalue weighted by Gasteiger charge is -2.25. The highest BCUT2D eigenvalue weighted by Crippen LogP contribution is 2.17. The Kier molecular flexibility index (Phi) is 4.21. The second-order valence-electron chi connectivity index (χ2n) is 5.04. The van der Waals surface area contributed by atoms with Crippen molar-refractivity contribution in [3.63, 3.8) is 0 Å². The zero-order chi connectivity index (χ0) is 10.5. The van der Waals surface area contributed by atoms with Crippen LogP contribution in [-0.2, 0) is 0 Å². The van der Waals surface area contributed by atoms with Crippen LogP contribution >= 0.6 is 0 Å². The third-order valence-corrected chi connectivity index (χ3v) is 3.74. The molecule has 0 radical (unpaired) electrons. The van der Waals surface area contributed by atoms with Crippen LogP contribution in [-0.4, -0.2) is 37.1 Å². The maximum Gasteiger partial charge on any atom is 0.0166 e. The fourth-order valence-corrected chi connectivity index (χ4v) is 2.57. The zero-order valence-electron chi connectivity index (χ0n) is 9.97. The first-order valence-electron chi connectivity index (χ1n) is 6.46. The summed E-state index contributed by atoms with van der Waals surface area (Å²) < 4.78 is 0. The standard InChI is InChI=1S/C13H24N2/c1-12-6-9-15(10-7-12)11-8-14-13-4-2-3-5-13/h6,13-14H,2-5,7-11H2,1H3. The van der Waals surface area contributed by atoms with E-state index in [1.54, 1.807) is 5.57 Å². The molecule has 0 aromatic heterocycles. The number of hydrogen-bond acceptors (Lipinski definition) is 2. The van der Waals surface area contributed by atoms with Crippen LogP contribution in [0.2, 0.25) is 0 Å². The van der Waals surface area contributed by atoms with Crippen molar-refractivity contribution >= 4 is 0 Å². The quantitative estimate of drug-likeness (QED) is 0.712. The molecule has 0 saturated heterocycles. The minimum Gasteiger partial charge on any atom is -0.313 e. The number of nitrogens with zero attached hydrogens (tertiary/aromatic N) is 1. The van der Waals surface area contributed by atoms with E-state index in [1.165, 1.54) is 51.7 Å². The summed E-state index contributed by atoms with van der Waals surface area (Å²) in [5.41, 5.74) is 1.56. The van der Waals surface area contributed by atoms with Crippen LogP contribution in [0.4, 0.5) is 0 Å². The maximum atomic E-state index is 3.68. The molecule has 2 rings (SSSR count). The van der Waals surface area contributed by atoms with E-state index in [2.05, 4.69) is 23.2 Å². The minimum absolute atomic E-state index is 0.826. The van der Waals surface area contributed by atoms with Gasteiger partial charge in [0.15, 0.2) is 0 Å². The van der Waals surface area contributed by atoms with Crippen molar-refractivity contribution < 1.29 is 0 Å². The molecule has 0 amide bonds. The fraction of sp³-hybridized carbons (Fsp3) is 0.846. The Bertz CT molecular complexity index is 217. The maximum absolute atomic E-state index is 3.68. The molecule has 0 spiro atoms. The summed E-state index contributed by atoms with van der Waals surface area (Å²) in [6.07, 6.45) is 9.31. The first-order valence-corrected chi connectivity index (χ1v) is 6.46. The van der Waals surface area contributed by atoms with Crippen LogP contribution < -0.4 is 5.32 Å². The monoisotopic (exact) mass is 208 g/mol. The largest absolute Gasteiger partial charge is 0.313 e. The normalized spacial score (nSPS) is 24.5. The molecule has 0 aromatic rings. The van der Waals surface area contributed by atoms with Crippen molar-refractivity contribution in [1.29, 1.82) is 0 Å². The number of rotatable bonds is 4. The van der Waals surface area contributed by atoms with Gasteiger partial charge in [-0.1, -0.05) is 24.5 Å². The summed E-state index contributed by atoms with van der Waals surface area (Å²) >= 11 is 0. The molecule has 0 atom stereocenters. The molecule has 1 N–H and O–H groups in total. The lowest BCUT2D eigenvalue weighted by atomic mass is 10.1.